The molecule has 1 aromatic rings. The van der Waals surface area contributed by atoms with Gasteiger partial charge in [0, 0.05) is 24.6 Å². The number of aliphatic hydroxyl groups excluding tert-OH is 1. The van der Waals surface area contributed by atoms with Gasteiger partial charge < -0.3 is 20.9 Å². The van der Waals surface area contributed by atoms with Crippen LogP contribution in [0, 0.1) is 17.6 Å². The van der Waals surface area contributed by atoms with E-state index in [1.54, 1.807) is 13.8 Å². The first-order chi connectivity index (χ1) is 9.81. The van der Waals surface area contributed by atoms with Crippen LogP contribution in [0.25, 0.3) is 0 Å². The first-order valence-corrected chi connectivity index (χ1v) is 6.60. The molecule has 21 heavy (non-hydrogen) atoms. The summed E-state index contributed by atoms with van der Waals surface area (Å²) in [5.74, 6) is -2.54. The van der Waals surface area contributed by atoms with E-state index in [4.69, 9.17) is 10.5 Å². The van der Waals surface area contributed by atoms with Crippen molar-refractivity contribution in [1.29, 1.82) is 0 Å². The van der Waals surface area contributed by atoms with E-state index >= 15 is 0 Å². The molecule has 0 bridgehead atoms. The summed E-state index contributed by atoms with van der Waals surface area (Å²) in [4.78, 5) is 11.6. The third-order valence-electron chi connectivity index (χ3n) is 3.05. The molecule has 1 rings (SSSR count). The SMILES string of the molecule is CC(N)C(C)C(=O)NCC(O)COc1ccc(F)c(F)c1. The quantitative estimate of drug-likeness (QED) is 0.696. The van der Waals surface area contributed by atoms with Crippen LogP contribution in [-0.2, 0) is 4.79 Å². The molecule has 5 nitrogen and oxygen atoms in total. The summed E-state index contributed by atoms with van der Waals surface area (Å²) in [7, 11) is 0. The summed E-state index contributed by atoms with van der Waals surface area (Å²) in [5.41, 5.74) is 5.59. The van der Waals surface area contributed by atoms with Crippen LogP contribution in [0.4, 0.5) is 8.78 Å². The topological polar surface area (TPSA) is 84.6 Å². The monoisotopic (exact) mass is 302 g/mol. The van der Waals surface area contributed by atoms with Gasteiger partial charge in [-0.05, 0) is 19.1 Å². The summed E-state index contributed by atoms with van der Waals surface area (Å²) in [6.45, 7) is 3.23. The van der Waals surface area contributed by atoms with Gasteiger partial charge in [0.25, 0.3) is 0 Å². The number of rotatable bonds is 7. The molecule has 0 radical (unpaired) electrons. The number of carbonyl (C=O) groups is 1. The van der Waals surface area contributed by atoms with Crippen molar-refractivity contribution in [3.63, 3.8) is 0 Å². The molecule has 4 N–H and O–H groups in total. The van der Waals surface area contributed by atoms with Crippen molar-refractivity contribution < 1.29 is 23.4 Å². The maximum atomic E-state index is 12.9. The fourth-order valence-corrected chi connectivity index (χ4v) is 1.44. The van der Waals surface area contributed by atoms with E-state index in [0.717, 1.165) is 12.1 Å². The summed E-state index contributed by atoms with van der Waals surface area (Å²) < 4.78 is 30.8. The minimum atomic E-state index is -1.03. The zero-order chi connectivity index (χ0) is 16.0. The second-order valence-corrected chi connectivity index (χ2v) is 4.93. The molecule has 118 valence electrons. The molecular formula is C14H20F2N2O3. The normalized spacial score (nSPS) is 15.1. The lowest BCUT2D eigenvalue weighted by atomic mass is 10.0. The average Bonchev–Trinajstić information content (AvgIpc) is 2.44. The number of hydrogen-bond donors (Lipinski definition) is 3. The lowest BCUT2D eigenvalue weighted by Crippen LogP contribution is -2.42. The van der Waals surface area contributed by atoms with Crippen LogP contribution in [0.5, 0.6) is 5.75 Å². The summed E-state index contributed by atoms with van der Waals surface area (Å²) in [6.07, 6.45) is -0.970. The van der Waals surface area contributed by atoms with Crippen molar-refractivity contribution in [2.45, 2.75) is 26.0 Å². The van der Waals surface area contributed by atoms with E-state index in [9.17, 15) is 18.7 Å². The van der Waals surface area contributed by atoms with Gasteiger partial charge in [0.2, 0.25) is 5.91 Å². The third kappa shape index (κ3) is 5.65. The second-order valence-electron chi connectivity index (χ2n) is 4.93. The number of ether oxygens (including phenoxy) is 1. The van der Waals surface area contributed by atoms with Crippen LogP contribution >= 0.6 is 0 Å². The fourth-order valence-electron chi connectivity index (χ4n) is 1.44. The molecule has 1 aromatic carbocycles. The van der Waals surface area contributed by atoms with Crippen LogP contribution in [0.15, 0.2) is 18.2 Å². The number of nitrogens with one attached hydrogen (secondary N) is 1. The van der Waals surface area contributed by atoms with Gasteiger partial charge in [-0.2, -0.15) is 0 Å². The molecule has 0 spiro atoms. The lowest BCUT2D eigenvalue weighted by Gasteiger charge is -2.17. The highest BCUT2D eigenvalue weighted by molar-refractivity contribution is 5.78. The van der Waals surface area contributed by atoms with Crippen molar-refractivity contribution in [1.82, 2.24) is 5.32 Å². The molecule has 3 atom stereocenters. The summed E-state index contributed by atoms with van der Waals surface area (Å²) >= 11 is 0. The third-order valence-corrected chi connectivity index (χ3v) is 3.05. The van der Waals surface area contributed by atoms with Gasteiger partial charge in [0.15, 0.2) is 11.6 Å². The van der Waals surface area contributed by atoms with E-state index in [-0.39, 0.29) is 36.8 Å². The molecule has 7 heteroatoms. The van der Waals surface area contributed by atoms with Gasteiger partial charge >= 0.3 is 0 Å². The van der Waals surface area contributed by atoms with Crippen LogP contribution < -0.4 is 15.8 Å². The molecule has 0 aromatic heterocycles. The number of nitrogens with two attached hydrogens (primary N) is 1. The number of benzene rings is 1. The Morgan fingerprint density at radius 2 is 2.05 bits per heavy atom. The molecule has 0 aliphatic rings. The maximum absolute atomic E-state index is 12.9. The van der Waals surface area contributed by atoms with Crippen molar-refractivity contribution in [2.75, 3.05) is 13.2 Å². The first kappa shape index (κ1) is 17.3. The predicted octanol–water partition coefficient (Wildman–Crippen LogP) is 0.804. The van der Waals surface area contributed by atoms with E-state index in [1.165, 1.54) is 6.07 Å². The number of halogens is 2. The lowest BCUT2D eigenvalue weighted by molar-refractivity contribution is -0.125. The standard InChI is InChI=1S/C14H20F2N2O3/c1-8(9(2)17)14(20)18-6-10(19)7-21-11-3-4-12(15)13(16)5-11/h3-5,8-10,19H,6-7,17H2,1-2H3,(H,18,20). The van der Waals surface area contributed by atoms with E-state index in [1.807, 2.05) is 0 Å². The summed E-state index contributed by atoms with van der Waals surface area (Å²) in [5, 5.41) is 12.2. The zero-order valence-electron chi connectivity index (χ0n) is 12.0. The molecular weight excluding hydrogens is 282 g/mol. The molecule has 0 aliphatic heterocycles. The van der Waals surface area contributed by atoms with Gasteiger partial charge in [0.1, 0.15) is 18.5 Å². The molecule has 3 unspecified atom stereocenters. The minimum absolute atomic E-state index is 0.0143. The van der Waals surface area contributed by atoms with Crippen LogP contribution in [0.2, 0.25) is 0 Å². The highest BCUT2D eigenvalue weighted by Gasteiger charge is 2.17. The largest absolute Gasteiger partial charge is 0.491 e. The molecule has 0 saturated heterocycles. The Morgan fingerprint density at radius 3 is 2.62 bits per heavy atom. The highest BCUT2D eigenvalue weighted by Crippen LogP contribution is 2.15. The molecule has 0 heterocycles. The zero-order valence-corrected chi connectivity index (χ0v) is 12.0. The van der Waals surface area contributed by atoms with Gasteiger partial charge in [-0.1, -0.05) is 6.92 Å². The first-order valence-electron chi connectivity index (χ1n) is 6.60. The van der Waals surface area contributed by atoms with Gasteiger partial charge in [-0.15, -0.1) is 0 Å². The summed E-state index contributed by atoms with van der Waals surface area (Å²) in [6, 6.07) is 2.78. The average molecular weight is 302 g/mol. The number of hydrogen-bond acceptors (Lipinski definition) is 4. The highest BCUT2D eigenvalue weighted by atomic mass is 19.2. The molecule has 0 aliphatic carbocycles. The Morgan fingerprint density at radius 1 is 1.38 bits per heavy atom. The molecule has 0 fully saturated rings. The van der Waals surface area contributed by atoms with Gasteiger partial charge in [-0.25, -0.2) is 8.78 Å². The van der Waals surface area contributed by atoms with Crippen LogP contribution in [-0.4, -0.2) is 36.3 Å². The van der Waals surface area contributed by atoms with Gasteiger partial charge in [-0.3, -0.25) is 4.79 Å². The Kier molecular flexibility index (Phi) is 6.51. The van der Waals surface area contributed by atoms with Crippen molar-refractivity contribution in [2.24, 2.45) is 11.7 Å². The van der Waals surface area contributed by atoms with Crippen molar-refractivity contribution in [3.05, 3.63) is 29.8 Å². The number of aliphatic hydroxyl groups is 1. The van der Waals surface area contributed by atoms with E-state index < -0.39 is 17.7 Å². The van der Waals surface area contributed by atoms with Crippen molar-refractivity contribution >= 4 is 5.91 Å². The minimum Gasteiger partial charge on any atom is -0.491 e. The Balaban J connectivity index is 2.35. The van der Waals surface area contributed by atoms with Crippen molar-refractivity contribution in [3.8, 4) is 5.75 Å². The van der Waals surface area contributed by atoms with E-state index in [0.29, 0.717) is 0 Å². The number of amides is 1. The van der Waals surface area contributed by atoms with Crippen LogP contribution in [0.1, 0.15) is 13.8 Å². The fraction of sp³-hybridized carbons (Fsp3) is 0.500. The van der Waals surface area contributed by atoms with Crippen LogP contribution in [0.3, 0.4) is 0 Å². The number of carbonyl (C=O) groups excluding carboxylic acids is 1. The molecule has 0 saturated carbocycles. The smallest absolute Gasteiger partial charge is 0.224 e. The molecule has 1 amide bonds. The predicted molar refractivity (Wildman–Crippen MR) is 73.7 cm³/mol. The Bertz CT molecular complexity index is 483. The maximum Gasteiger partial charge on any atom is 0.224 e. The Hall–Kier alpha value is -1.73. The van der Waals surface area contributed by atoms with Gasteiger partial charge in [0.05, 0.1) is 0 Å². The van der Waals surface area contributed by atoms with E-state index in [2.05, 4.69) is 5.32 Å². The Labute approximate surface area is 122 Å². The second kappa shape index (κ2) is 7.90.